The average Bonchev–Trinajstić information content (AvgIpc) is 3.18. The Morgan fingerprint density at radius 3 is 2.75 bits per heavy atom. The monoisotopic (exact) mass is 284 g/mol. The number of carbonyl (C=O) groups excluding carboxylic acids is 1. The van der Waals surface area contributed by atoms with E-state index in [-0.39, 0.29) is 11.6 Å². The maximum atomic E-state index is 12.1. The summed E-state index contributed by atoms with van der Waals surface area (Å²) in [4.78, 5) is 14.4. The topological polar surface area (TPSA) is 50.8 Å². The number of ether oxygens (including phenoxy) is 2. The molecule has 1 heterocycles. The molecule has 20 heavy (non-hydrogen) atoms. The Balaban J connectivity index is 1.89. The van der Waals surface area contributed by atoms with Gasteiger partial charge in [0, 0.05) is 25.7 Å². The van der Waals surface area contributed by atoms with Crippen LogP contribution in [0.3, 0.4) is 0 Å². The second-order valence-electron chi connectivity index (χ2n) is 6.88. The zero-order valence-electron chi connectivity index (χ0n) is 13.2. The Bertz CT molecular complexity index is 355. The van der Waals surface area contributed by atoms with Gasteiger partial charge in [0.2, 0.25) is 0 Å². The summed E-state index contributed by atoms with van der Waals surface area (Å²) in [5.41, 5.74) is -0.664. The summed E-state index contributed by atoms with van der Waals surface area (Å²) in [7, 11) is 1.47. The summed E-state index contributed by atoms with van der Waals surface area (Å²) in [5.74, 6) is -0.156. The van der Waals surface area contributed by atoms with E-state index < -0.39 is 5.54 Å². The number of carbonyl (C=O) groups is 1. The number of morpholine rings is 1. The highest BCUT2D eigenvalue weighted by Gasteiger charge is 2.40. The van der Waals surface area contributed by atoms with Gasteiger partial charge in [-0.05, 0) is 40.0 Å². The van der Waals surface area contributed by atoms with Gasteiger partial charge in [-0.15, -0.1) is 0 Å². The smallest absolute Gasteiger partial charge is 0.325 e. The Labute approximate surface area is 122 Å². The third kappa shape index (κ3) is 4.17. The van der Waals surface area contributed by atoms with Crippen molar-refractivity contribution in [3.8, 4) is 0 Å². The van der Waals surface area contributed by atoms with Crippen molar-refractivity contribution in [2.45, 2.75) is 57.2 Å². The minimum Gasteiger partial charge on any atom is -0.468 e. The molecule has 1 N–H and O–H groups in total. The normalized spacial score (nSPS) is 26.0. The molecule has 0 amide bonds. The van der Waals surface area contributed by atoms with Crippen LogP contribution in [0.1, 0.15) is 40.0 Å². The number of esters is 1. The quantitative estimate of drug-likeness (QED) is 0.742. The molecule has 0 aromatic rings. The van der Waals surface area contributed by atoms with Crippen molar-refractivity contribution in [2.24, 2.45) is 0 Å². The number of methoxy groups -OCH3 is 1. The summed E-state index contributed by atoms with van der Waals surface area (Å²) in [6.07, 6.45) is 3.10. The third-order valence-electron chi connectivity index (χ3n) is 4.17. The van der Waals surface area contributed by atoms with E-state index in [2.05, 4.69) is 24.1 Å². The minimum absolute atomic E-state index is 0.0934. The van der Waals surface area contributed by atoms with Gasteiger partial charge in [0.05, 0.1) is 19.3 Å². The fourth-order valence-electron chi connectivity index (χ4n) is 2.82. The highest BCUT2D eigenvalue weighted by atomic mass is 16.5. The van der Waals surface area contributed by atoms with E-state index in [0.717, 1.165) is 45.5 Å². The first-order valence-electron chi connectivity index (χ1n) is 7.57. The highest BCUT2D eigenvalue weighted by molar-refractivity contribution is 5.80. The standard InChI is InChI=1S/C15H28N2O3/c1-14(2)11-17(9-10-20-14)8-7-15(3,13(18)19-4)16-12-5-6-12/h12,16H,5-11H2,1-4H3. The van der Waals surface area contributed by atoms with Crippen LogP contribution in [0.25, 0.3) is 0 Å². The summed E-state index contributed by atoms with van der Waals surface area (Å²) in [6, 6.07) is 0.486. The molecule has 1 unspecified atom stereocenters. The second kappa shape index (κ2) is 6.00. The first-order chi connectivity index (χ1) is 9.35. The average molecular weight is 284 g/mol. The van der Waals surface area contributed by atoms with Gasteiger partial charge in [-0.25, -0.2) is 0 Å². The number of rotatable bonds is 6. The van der Waals surface area contributed by atoms with Crippen molar-refractivity contribution >= 4 is 5.97 Å². The van der Waals surface area contributed by atoms with E-state index in [1.54, 1.807) is 0 Å². The van der Waals surface area contributed by atoms with Crippen molar-refractivity contribution in [1.82, 2.24) is 10.2 Å². The van der Waals surface area contributed by atoms with Crippen molar-refractivity contribution in [3.05, 3.63) is 0 Å². The van der Waals surface area contributed by atoms with Crippen LogP contribution in [-0.4, -0.2) is 61.4 Å². The molecular weight excluding hydrogens is 256 g/mol. The van der Waals surface area contributed by atoms with Crippen LogP contribution < -0.4 is 5.32 Å². The molecule has 0 radical (unpaired) electrons. The molecule has 116 valence electrons. The Hall–Kier alpha value is -0.650. The molecule has 1 saturated heterocycles. The fraction of sp³-hybridized carbons (Fsp3) is 0.933. The molecule has 5 nitrogen and oxygen atoms in total. The molecule has 0 aromatic carbocycles. The van der Waals surface area contributed by atoms with Crippen LogP contribution in [0, 0.1) is 0 Å². The van der Waals surface area contributed by atoms with Crippen molar-refractivity contribution < 1.29 is 14.3 Å². The predicted octanol–water partition coefficient (Wildman–Crippen LogP) is 1.17. The Kier molecular flexibility index (Phi) is 4.72. The van der Waals surface area contributed by atoms with Crippen molar-refractivity contribution in [3.63, 3.8) is 0 Å². The van der Waals surface area contributed by atoms with Crippen LogP contribution in [0.5, 0.6) is 0 Å². The first kappa shape index (κ1) is 15.7. The maximum Gasteiger partial charge on any atom is 0.325 e. The summed E-state index contributed by atoms with van der Waals surface area (Å²) in [5, 5.41) is 3.45. The van der Waals surface area contributed by atoms with Crippen LogP contribution in [0.15, 0.2) is 0 Å². The molecule has 2 fully saturated rings. The molecule has 1 aliphatic heterocycles. The van der Waals surface area contributed by atoms with Gasteiger partial charge in [-0.3, -0.25) is 15.0 Å². The molecule has 1 saturated carbocycles. The largest absolute Gasteiger partial charge is 0.468 e. The molecule has 2 rings (SSSR count). The summed E-state index contributed by atoms with van der Waals surface area (Å²) >= 11 is 0. The lowest BCUT2D eigenvalue weighted by molar-refractivity contribution is -0.148. The van der Waals surface area contributed by atoms with E-state index in [0.29, 0.717) is 6.04 Å². The number of hydrogen-bond donors (Lipinski definition) is 1. The lowest BCUT2D eigenvalue weighted by atomic mass is 9.96. The van der Waals surface area contributed by atoms with Gasteiger partial charge in [0.15, 0.2) is 0 Å². The van der Waals surface area contributed by atoms with Crippen LogP contribution in [-0.2, 0) is 14.3 Å². The number of hydrogen-bond acceptors (Lipinski definition) is 5. The zero-order valence-corrected chi connectivity index (χ0v) is 13.2. The van der Waals surface area contributed by atoms with E-state index in [9.17, 15) is 4.79 Å². The fourth-order valence-corrected chi connectivity index (χ4v) is 2.82. The Morgan fingerprint density at radius 1 is 1.50 bits per heavy atom. The predicted molar refractivity (Wildman–Crippen MR) is 77.7 cm³/mol. The van der Waals surface area contributed by atoms with Gasteiger partial charge in [-0.2, -0.15) is 0 Å². The maximum absolute atomic E-state index is 12.1. The highest BCUT2D eigenvalue weighted by Crippen LogP contribution is 2.25. The van der Waals surface area contributed by atoms with Crippen molar-refractivity contribution in [2.75, 3.05) is 33.4 Å². The second-order valence-corrected chi connectivity index (χ2v) is 6.88. The van der Waals surface area contributed by atoms with Gasteiger partial charge in [0.25, 0.3) is 0 Å². The molecule has 0 spiro atoms. The molecule has 5 heteroatoms. The zero-order chi connectivity index (χ0) is 14.8. The minimum atomic E-state index is -0.571. The molecule has 2 aliphatic rings. The van der Waals surface area contributed by atoms with Crippen LogP contribution >= 0.6 is 0 Å². The van der Waals surface area contributed by atoms with Crippen LogP contribution in [0.4, 0.5) is 0 Å². The van der Waals surface area contributed by atoms with E-state index >= 15 is 0 Å². The van der Waals surface area contributed by atoms with Crippen molar-refractivity contribution in [1.29, 1.82) is 0 Å². The van der Waals surface area contributed by atoms with Gasteiger partial charge >= 0.3 is 5.97 Å². The van der Waals surface area contributed by atoms with E-state index in [4.69, 9.17) is 9.47 Å². The molecule has 0 aromatic heterocycles. The third-order valence-corrected chi connectivity index (χ3v) is 4.17. The van der Waals surface area contributed by atoms with Gasteiger partial charge < -0.3 is 9.47 Å². The van der Waals surface area contributed by atoms with E-state index in [1.165, 1.54) is 7.11 Å². The SMILES string of the molecule is COC(=O)C(C)(CCN1CCOC(C)(C)C1)NC1CC1. The number of nitrogens with zero attached hydrogens (tertiary/aromatic N) is 1. The lowest BCUT2D eigenvalue weighted by Crippen LogP contribution is -2.55. The molecule has 1 aliphatic carbocycles. The molecular formula is C15H28N2O3. The lowest BCUT2D eigenvalue weighted by Gasteiger charge is -2.39. The molecule has 0 bridgehead atoms. The van der Waals surface area contributed by atoms with Gasteiger partial charge in [-0.1, -0.05) is 0 Å². The molecule has 1 atom stereocenters. The Morgan fingerprint density at radius 2 is 2.20 bits per heavy atom. The summed E-state index contributed by atoms with van der Waals surface area (Å²) in [6.45, 7) is 9.68. The van der Waals surface area contributed by atoms with Crippen LogP contribution in [0.2, 0.25) is 0 Å². The summed E-state index contributed by atoms with van der Waals surface area (Å²) < 4.78 is 10.7. The van der Waals surface area contributed by atoms with E-state index in [1.807, 2.05) is 6.92 Å². The van der Waals surface area contributed by atoms with Gasteiger partial charge in [0.1, 0.15) is 5.54 Å². The number of nitrogens with one attached hydrogen (secondary N) is 1. The first-order valence-corrected chi connectivity index (χ1v) is 7.57.